The van der Waals surface area contributed by atoms with Gasteiger partial charge in [-0.1, -0.05) is 6.07 Å². The predicted molar refractivity (Wildman–Crippen MR) is 115 cm³/mol. The molecule has 0 unspecified atom stereocenters. The van der Waals surface area contributed by atoms with Crippen LogP contribution in [0.5, 0.6) is 0 Å². The Labute approximate surface area is 190 Å². The minimum Gasteiger partial charge on any atom is -0.384 e. The predicted octanol–water partition coefficient (Wildman–Crippen LogP) is 3.85. The van der Waals surface area contributed by atoms with Crippen molar-refractivity contribution in [1.29, 1.82) is 0 Å². The lowest BCUT2D eigenvalue weighted by Gasteiger charge is -2.12. The summed E-state index contributed by atoms with van der Waals surface area (Å²) in [4.78, 5) is 23.3. The summed E-state index contributed by atoms with van der Waals surface area (Å²) >= 11 is 0. The summed E-state index contributed by atoms with van der Waals surface area (Å²) < 4.78 is 65.7. The van der Waals surface area contributed by atoms with E-state index in [1.54, 1.807) is 6.07 Å². The number of hydrogen-bond acceptors (Lipinski definition) is 8. The van der Waals surface area contributed by atoms with Crippen LogP contribution >= 0.6 is 0 Å². The molecule has 0 aliphatic heterocycles. The van der Waals surface area contributed by atoms with Crippen molar-refractivity contribution in [3.8, 4) is 0 Å². The highest BCUT2D eigenvalue weighted by atomic mass is 32.2. The number of rotatable bonds is 9. The van der Waals surface area contributed by atoms with E-state index in [2.05, 4.69) is 15.0 Å². The van der Waals surface area contributed by atoms with E-state index >= 15 is 0 Å². The molecule has 0 radical (unpaired) electrons. The van der Waals surface area contributed by atoms with Gasteiger partial charge >= 0.3 is 6.18 Å². The number of pyridine rings is 1. The molecule has 0 bridgehead atoms. The van der Waals surface area contributed by atoms with Gasteiger partial charge in [-0.15, -0.1) is 0 Å². The van der Waals surface area contributed by atoms with Gasteiger partial charge < -0.3 is 5.32 Å². The third kappa shape index (κ3) is 5.55. The number of aromatic nitrogens is 1. The summed E-state index contributed by atoms with van der Waals surface area (Å²) in [5.41, 5.74) is -1.76. The zero-order chi connectivity index (χ0) is 25.1. The van der Waals surface area contributed by atoms with Crippen molar-refractivity contribution in [2.75, 3.05) is 18.4 Å². The van der Waals surface area contributed by atoms with Crippen molar-refractivity contribution in [2.24, 2.45) is 0 Å². The van der Waals surface area contributed by atoms with Gasteiger partial charge in [-0.05, 0) is 30.7 Å². The zero-order valence-corrected chi connectivity index (χ0v) is 17.9. The number of sulfonamides is 1. The third-order valence-corrected chi connectivity index (χ3v) is 6.18. The van der Waals surface area contributed by atoms with Gasteiger partial charge in [0, 0.05) is 36.4 Å². The van der Waals surface area contributed by atoms with Gasteiger partial charge in [0.2, 0.25) is 10.0 Å². The topological polar surface area (TPSA) is 157 Å². The number of benzene rings is 2. The van der Waals surface area contributed by atoms with Gasteiger partial charge in [-0.2, -0.15) is 13.2 Å². The number of nitrogens with zero attached hydrogens (tertiary/aromatic N) is 3. The second-order valence-corrected chi connectivity index (χ2v) is 8.67. The molecule has 3 aromatic rings. The number of nitrogens with one attached hydrogen (secondary N) is 2. The van der Waals surface area contributed by atoms with Crippen LogP contribution in [0, 0.1) is 20.2 Å². The minimum absolute atomic E-state index is 0.131. The molecule has 0 aliphatic rings. The van der Waals surface area contributed by atoms with Crippen molar-refractivity contribution in [3.05, 3.63) is 74.5 Å². The van der Waals surface area contributed by atoms with E-state index in [1.807, 2.05) is 0 Å². The molecular weight excluding hydrogens is 483 g/mol. The second kappa shape index (κ2) is 9.56. The van der Waals surface area contributed by atoms with Crippen LogP contribution in [-0.4, -0.2) is 36.3 Å². The van der Waals surface area contributed by atoms with E-state index < -0.39 is 47.9 Å². The normalized spacial score (nSPS) is 12.0. The van der Waals surface area contributed by atoms with Gasteiger partial charge in [0.1, 0.15) is 0 Å². The lowest BCUT2D eigenvalue weighted by Crippen LogP contribution is -2.26. The number of alkyl halides is 3. The summed E-state index contributed by atoms with van der Waals surface area (Å²) in [6.07, 6.45) is -2.96. The van der Waals surface area contributed by atoms with Crippen LogP contribution in [0.1, 0.15) is 12.0 Å². The molecule has 3 rings (SSSR count). The quantitative estimate of drug-likeness (QED) is 0.255. The Kier molecular flexibility index (Phi) is 6.97. The first-order valence-electron chi connectivity index (χ1n) is 9.52. The van der Waals surface area contributed by atoms with Gasteiger partial charge in [-0.25, -0.2) is 13.1 Å². The fourth-order valence-electron chi connectivity index (χ4n) is 3.06. The maximum Gasteiger partial charge on any atom is 0.416 e. The first kappa shape index (κ1) is 24.8. The van der Waals surface area contributed by atoms with E-state index in [0.717, 1.165) is 24.3 Å². The van der Waals surface area contributed by atoms with Gasteiger partial charge in [0.05, 0.1) is 27.0 Å². The van der Waals surface area contributed by atoms with E-state index in [4.69, 9.17) is 0 Å². The Morgan fingerprint density at radius 1 is 0.971 bits per heavy atom. The molecular formula is C19H16F3N5O6S. The zero-order valence-electron chi connectivity index (χ0n) is 17.1. The fraction of sp³-hybridized carbons (Fsp3) is 0.211. The molecule has 11 nitrogen and oxygen atoms in total. The number of nitro benzene ring substituents is 2. The molecule has 34 heavy (non-hydrogen) atoms. The van der Waals surface area contributed by atoms with Crippen LogP contribution < -0.4 is 10.0 Å². The average molecular weight is 499 g/mol. The molecule has 2 aromatic carbocycles. The molecule has 1 aromatic heterocycles. The number of anilines is 1. The van der Waals surface area contributed by atoms with Crippen molar-refractivity contribution in [1.82, 2.24) is 9.71 Å². The standard InChI is InChI=1S/C19H16F3N5O6S/c20-19(21,22)12-2-4-14-15(6-9-24-16(14)10-12)23-7-1-8-25-34(32,33)18-5-3-13(26(28)29)11-17(18)27(30)31/h2-6,9-11,25H,1,7-8H2,(H,23,24). The maximum absolute atomic E-state index is 12.9. The largest absolute Gasteiger partial charge is 0.416 e. The van der Waals surface area contributed by atoms with E-state index in [1.165, 1.54) is 12.3 Å². The van der Waals surface area contributed by atoms with Gasteiger partial charge in [0.25, 0.3) is 11.4 Å². The average Bonchev–Trinajstić information content (AvgIpc) is 2.77. The Morgan fingerprint density at radius 2 is 1.71 bits per heavy atom. The monoisotopic (exact) mass is 499 g/mol. The van der Waals surface area contributed by atoms with E-state index in [9.17, 15) is 41.8 Å². The summed E-state index contributed by atoms with van der Waals surface area (Å²) in [5, 5.41) is 25.4. The first-order chi connectivity index (χ1) is 15.9. The van der Waals surface area contributed by atoms with Crippen molar-refractivity contribution >= 4 is 38.0 Å². The molecule has 0 amide bonds. The Balaban J connectivity index is 1.64. The molecule has 0 fully saturated rings. The lowest BCUT2D eigenvalue weighted by atomic mass is 10.1. The summed E-state index contributed by atoms with van der Waals surface area (Å²) in [6, 6.07) is 6.89. The fourth-order valence-corrected chi connectivity index (χ4v) is 4.29. The number of hydrogen-bond donors (Lipinski definition) is 2. The van der Waals surface area contributed by atoms with Gasteiger partial charge in [0.15, 0.2) is 4.90 Å². The number of non-ortho nitro benzene ring substituents is 1. The first-order valence-corrected chi connectivity index (χ1v) is 11.0. The third-order valence-electron chi connectivity index (χ3n) is 4.67. The highest BCUT2D eigenvalue weighted by Gasteiger charge is 2.31. The molecule has 0 saturated heterocycles. The highest BCUT2D eigenvalue weighted by Crippen LogP contribution is 2.32. The molecule has 1 heterocycles. The second-order valence-electron chi connectivity index (χ2n) is 6.93. The van der Waals surface area contributed by atoms with Crippen LogP contribution in [0.3, 0.4) is 0 Å². The summed E-state index contributed by atoms with van der Waals surface area (Å²) in [7, 11) is -4.34. The number of fused-ring (bicyclic) bond motifs is 1. The van der Waals surface area contributed by atoms with Gasteiger partial charge in [-0.3, -0.25) is 25.2 Å². The Bertz CT molecular complexity index is 1360. The minimum atomic E-state index is -4.50. The van der Waals surface area contributed by atoms with Crippen LogP contribution in [0.4, 0.5) is 30.2 Å². The number of halogens is 3. The van der Waals surface area contributed by atoms with Crippen LogP contribution in [-0.2, 0) is 16.2 Å². The van der Waals surface area contributed by atoms with Crippen LogP contribution in [0.15, 0.2) is 53.6 Å². The highest BCUT2D eigenvalue weighted by molar-refractivity contribution is 7.89. The summed E-state index contributed by atoms with van der Waals surface area (Å²) in [5.74, 6) is 0. The van der Waals surface area contributed by atoms with E-state index in [0.29, 0.717) is 17.1 Å². The Morgan fingerprint density at radius 3 is 2.35 bits per heavy atom. The summed E-state index contributed by atoms with van der Waals surface area (Å²) in [6.45, 7) is 0.0791. The van der Waals surface area contributed by atoms with E-state index in [-0.39, 0.29) is 25.0 Å². The molecule has 180 valence electrons. The SMILES string of the molecule is O=[N+]([O-])c1ccc(S(=O)(=O)NCCCNc2ccnc3cc(C(F)(F)F)ccc23)c([N+](=O)[O-])c1. The Hall–Kier alpha value is -3.85. The molecule has 15 heteroatoms. The molecule has 0 spiro atoms. The lowest BCUT2D eigenvalue weighted by molar-refractivity contribution is -0.396. The van der Waals surface area contributed by atoms with Crippen LogP contribution in [0.25, 0.3) is 10.9 Å². The van der Waals surface area contributed by atoms with Crippen LogP contribution in [0.2, 0.25) is 0 Å². The molecule has 0 aliphatic carbocycles. The molecule has 0 saturated carbocycles. The number of nitro groups is 2. The van der Waals surface area contributed by atoms with Crippen molar-refractivity contribution in [3.63, 3.8) is 0 Å². The van der Waals surface area contributed by atoms with Crippen molar-refractivity contribution < 1.29 is 31.4 Å². The maximum atomic E-state index is 12.9. The molecule has 0 atom stereocenters. The molecule has 2 N–H and O–H groups in total. The van der Waals surface area contributed by atoms with Crippen molar-refractivity contribution in [2.45, 2.75) is 17.5 Å². The smallest absolute Gasteiger partial charge is 0.384 e.